The van der Waals surface area contributed by atoms with Crippen molar-refractivity contribution in [2.45, 2.75) is 38.6 Å². The van der Waals surface area contributed by atoms with Gasteiger partial charge >= 0.3 is 0 Å². The Balaban J connectivity index is 0.00000162. The Labute approximate surface area is 114 Å². The Bertz CT molecular complexity index is 424. The van der Waals surface area contributed by atoms with Crippen LogP contribution in [-0.4, -0.2) is 40.1 Å². The molecule has 1 aromatic rings. The average Bonchev–Trinajstić information content (AvgIpc) is 2.83. The first-order valence-electron chi connectivity index (χ1n) is 5.98. The number of likely N-dealkylation sites (tertiary alicyclic amines) is 1. The largest absolute Gasteiger partial charge is 0.336 e. The highest BCUT2D eigenvalue weighted by Gasteiger charge is 2.27. The number of hydrogen-bond acceptors (Lipinski definition) is 3. The number of nitrogens with zero attached hydrogens (tertiary/aromatic N) is 2. The third-order valence-electron chi connectivity index (χ3n) is 3.12. The number of carbonyl (C=O) groups is 1. The van der Waals surface area contributed by atoms with E-state index in [1.54, 1.807) is 4.90 Å². The molecule has 1 fully saturated rings. The molecule has 3 N–H and O–H groups in total. The predicted molar refractivity (Wildman–Crippen MR) is 73.0 cm³/mol. The second kappa shape index (κ2) is 5.28. The summed E-state index contributed by atoms with van der Waals surface area (Å²) in [5, 5.41) is 7.03. The number of carbonyl (C=O) groups excluding carboxylic acids is 1. The number of rotatable bonds is 1. The van der Waals surface area contributed by atoms with Crippen molar-refractivity contribution in [3.63, 3.8) is 0 Å². The third-order valence-corrected chi connectivity index (χ3v) is 3.12. The summed E-state index contributed by atoms with van der Waals surface area (Å²) in [6, 6.07) is 1.95. The number of H-pyrrole nitrogens is 1. The maximum absolute atomic E-state index is 12.1. The Kier molecular flexibility index (Phi) is 4.40. The van der Waals surface area contributed by atoms with E-state index < -0.39 is 0 Å². The first-order chi connectivity index (χ1) is 7.88. The van der Waals surface area contributed by atoms with E-state index in [0.717, 1.165) is 18.7 Å². The van der Waals surface area contributed by atoms with Crippen molar-refractivity contribution < 1.29 is 4.79 Å². The van der Waals surface area contributed by atoms with Crippen molar-refractivity contribution in [2.75, 3.05) is 13.1 Å². The lowest BCUT2D eigenvalue weighted by Gasteiger charge is -2.15. The zero-order valence-electron chi connectivity index (χ0n) is 11.1. The molecular formula is C12H21ClN4O. The highest BCUT2D eigenvalue weighted by molar-refractivity contribution is 5.92. The molecule has 1 atom stereocenters. The molecule has 0 unspecified atom stereocenters. The van der Waals surface area contributed by atoms with Crippen LogP contribution in [0.25, 0.3) is 0 Å². The summed E-state index contributed by atoms with van der Waals surface area (Å²) in [5.41, 5.74) is 7.24. The number of halogens is 1. The number of hydrogen-bond donors (Lipinski definition) is 2. The lowest BCUT2D eigenvalue weighted by atomic mass is 9.92. The van der Waals surface area contributed by atoms with Gasteiger partial charge in [-0.15, -0.1) is 12.4 Å². The van der Waals surface area contributed by atoms with Gasteiger partial charge in [0.1, 0.15) is 5.69 Å². The molecule has 2 heterocycles. The molecule has 0 bridgehead atoms. The van der Waals surface area contributed by atoms with Gasteiger partial charge in [0.2, 0.25) is 0 Å². The Morgan fingerprint density at radius 3 is 2.67 bits per heavy atom. The number of nitrogens with one attached hydrogen (secondary N) is 1. The summed E-state index contributed by atoms with van der Waals surface area (Å²) < 4.78 is 0. The second-order valence-corrected chi connectivity index (χ2v) is 5.72. The predicted octanol–water partition coefficient (Wildman–Crippen LogP) is 1.30. The minimum atomic E-state index is -0.0234. The van der Waals surface area contributed by atoms with Crippen LogP contribution in [0.3, 0.4) is 0 Å². The lowest BCUT2D eigenvalue weighted by molar-refractivity contribution is 0.0785. The maximum atomic E-state index is 12.1. The van der Waals surface area contributed by atoms with Gasteiger partial charge in [-0.05, 0) is 12.5 Å². The first-order valence-corrected chi connectivity index (χ1v) is 5.98. The number of amides is 1. The van der Waals surface area contributed by atoms with Crippen LogP contribution in [0, 0.1) is 0 Å². The van der Waals surface area contributed by atoms with Crippen molar-refractivity contribution in [3.8, 4) is 0 Å². The maximum Gasteiger partial charge on any atom is 0.274 e. The van der Waals surface area contributed by atoms with Crippen LogP contribution in [0.2, 0.25) is 0 Å². The summed E-state index contributed by atoms with van der Waals surface area (Å²) >= 11 is 0. The lowest BCUT2D eigenvalue weighted by Crippen LogP contribution is -2.32. The van der Waals surface area contributed by atoms with Crippen molar-refractivity contribution in [3.05, 3.63) is 17.5 Å². The molecule has 0 radical (unpaired) electrons. The minimum Gasteiger partial charge on any atom is -0.336 e. The molecule has 5 nitrogen and oxygen atoms in total. The molecule has 0 saturated carbocycles. The first kappa shape index (κ1) is 15.0. The highest BCUT2D eigenvalue weighted by Crippen LogP contribution is 2.21. The topological polar surface area (TPSA) is 75.0 Å². The van der Waals surface area contributed by atoms with Crippen molar-refractivity contribution in [1.29, 1.82) is 0 Å². The summed E-state index contributed by atoms with van der Waals surface area (Å²) in [6.07, 6.45) is 0.877. The van der Waals surface area contributed by atoms with Crippen LogP contribution >= 0.6 is 12.4 Å². The van der Waals surface area contributed by atoms with Gasteiger partial charge < -0.3 is 10.6 Å². The van der Waals surface area contributed by atoms with Crippen molar-refractivity contribution in [2.24, 2.45) is 5.73 Å². The number of aromatic amines is 1. The smallest absolute Gasteiger partial charge is 0.274 e. The molecule has 1 aliphatic heterocycles. The molecule has 1 aliphatic rings. The van der Waals surface area contributed by atoms with Gasteiger partial charge in [0.15, 0.2) is 0 Å². The van der Waals surface area contributed by atoms with Gasteiger partial charge in [-0.25, -0.2) is 0 Å². The fraction of sp³-hybridized carbons (Fsp3) is 0.667. The van der Waals surface area contributed by atoms with Crippen molar-refractivity contribution in [1.82, 2.24) is 15.1 Å². The molecule has 102 valence electrons. The number of nitrogens with two attached hydrogens (primary N) is 1. The Hall–Kier alpha value is -1.07. The zero-order chi connectivity index (χ0) is 12.6. The highest BCUT2D eigenvalue weighted by atomic mass is 35.5. The van der Waals surface area contributed by atoms with E-state index in [4.69, 9.17) is 5.73 Å². The Morgan fingerprint density at radius 2 is 2.22 bits per heavy atom. The molecule has 1 saturated heterocycles. The van der Waals surface area contributed by atoms with Gasteiger partial charge in [-0.1, -0.05) is 20.8 Å². The normalized spacial score (nSPS) is 19.8. The molecule has 2 rings (SSSR count). The van der Waals surface area contributed by atoms with E-state index in [-0.39, 0.29) is 29.8 Å². The van der Waals surface area contributed by atoms with E-state index in [2.05, 4.69) is 31.0 Å². The van der Waals surface area contributed by atoms with Crippen LogP contribution in [0.5, 0.6) is 0 Å². The fourth-order valence-corrected chi connectivity index (χ4v) is 1.95. The molecule has 0 aliphatic carbocycles. The summed E-state index contributed by atoms with van der Waals surface area (Å²) in [5.74, 6) is -0.0234. The standard InChI is InChI=1S/C12H20N4O.ClH/c1-12(2,3)10-6-9(14-15-10)11(17)16-5-4-8(13)7-16;/h6,8H,4-5,7,13H2,1-3H3,(H,14,15);1H/t8-;/m1./s1. The minimum absolute atomic E-state index is 0. The molecule has 1 aromatic heterocycles. The van der Waals surface area contributed by atoms with E-state index in [0.29, 0.717) is 12.2 Å². The van der Waals surface area contributed by atoms with Crippen LogP contribution in [0.4, 0.5) is 0 Å². The quantitative estimate of drug-likeness (QED) is 0.809. The average molecular weight is 273 g/mol. The molecule has 1 amide bonds. The van der Waals surface area contributed by atoms with Crippen LogP contribution in [-0.2, 0) is 5.41 Å². The van der Waals surface area contributed by atoms with E-state index in [9.17, 15) is 4.79 Å². The fourth-order valence-electron chi connectivity index (χ4n) is 1.95. The summed E-state index contributed by atoms with van der Waals surface area (Å²) in [7, 11) is 0. The third kappa shape index (κ3) is 3.03. The molecular weight excluding hydrogens is 252 g/mol. The second-order valence-electron chi connectivity index (χ2n) is 5.72. The van der Waals surface area contributed by atoms with E-state index >= 15 is 0 Å². The van der Waals surface area contributed by atoms with Gasteiger partial charge in [0, 0.05) is 30.2 Å². The number of aromatic nitrogens is 2. The van der Waals surface area contributed by atoms with Crippen molar-refractivity contribution >= 4 is 18.3 Å². The molecule has 0 spiro atoms. The monoisotopic (exact) mass is 272 g/mol. The zero-order valence-corrected chi connectivity index (χ0v) is 11.9. The SMILES string of the molecule is CC(C)(C)c1cc(C(=O)N2CC[C@@H](N)C2)n[nH]1.Cl. The van der Waals surface area contributed by atoms with Crippen LogP contribution in [0.1, 0.15) is 43.4 Å². The summed E-state index contributed by atoms with van der Waals surface area (Å²) in [4.78, 5) is 13.9. The van der Waals surface area contributed by atoms with E-state index in [1.165, 1.54) is 0 Å². The Morgan fingerprint density at radius 1 is 1.56 bits per heavy atom. The van der Waals surface area contributed by atoms with Crippen LogP contribution in [0.15, 0.2) is 6.07 Å². The van der Waals surface area contributed by atoms with Crippen LogP contribution < -0.4 is 5.73 Å². The molecule has 18 heavy (non-hydrogen) atoms. The summed E-state index contributed by atoms with van der Waals surface area (Å²) in [6.45, 7) is 7.62. The molecule has 0 aromatic carbocycles. The van der Waals surface area contributed by atoms with E-state index in [1.807, 2.05) is 6.07 Å². The van der Waals surface area contributed by atoms with Gasteiger partial charge in [-0.2, -0.15) is 5.10 Å². The van der Waals surface area contributed by atoms with Gasteiger partial charge in [0.05, 0.1) is 0 Å². The molecule has 6 heteroatoms. The van der Waals surface area contributed by atoms with Gasteiger partial charge in [-0.3, -0.25) is 9.89 Å². The van der Waals surface area contributed by atoms with Gasteiger partial charge in [0.25, 0.3) is 5.91 Å².